The van der Waals surface area contributed by atoms with Crippen molar-refractivity contribution in [3.63, 3.8) is 0 Å². The Morgan fingerprint density at radius 3 is 2.29 bits per heavy atom. The summed E-state index contributed by atoms with van der Waals surface area (Å²) in [4.78, 5) is 26.3. The van der Waals surface area contributed by atoms with E-state index < -0.39 is 33.2 Å². The number of rotatable bonds is 8. The molecule has 1 aromatic carbocycles. The number of aryl methyl sites for hydroxylation is 1. The number of ether oxygens (including phenoxy) is 1. The van der Waals surface area contributed by atoms with Gasteiger partial charge in [-0.05, 0) is 56.2 Å². The topological polar surface area (TPSA) is 137 Å². The van der Waals surface area contributed by atoms with Crippen molar-refractivity contribution in [3.8, 4) is 0 Å². The SMILES string of the molecule is Cc1cc(NC(=O)c2ccc(NS(=O)(=O)CC3(O)COC3)cc2N2CCC3(CC2)CC3)nc(N2CCC(F)(F)CC2)n1. The van der Waals surface area contributed by atoms with E-state index in [-0.39, 0.29) is 50.9 Å². The molecule has 42 heavy (non-hydrogen) atoms. The number of piperidine rings is 2. The molecule has 3 N–H and O–H groups in total. The first-order chi connectivity index (χ1) is 19.8. The van der Waals surface area contributed by atoms with Crippen LogP contribution in [-0.2, 0) is 14.8 Å². The average Bonchev–Trinajstić information content (AvgIpc) is 3.65. The van der Waals surface area contributed by atoms with Gasteiger partial charge in [0.25, 0.3) is 11.8 Å². The summed E-state index contributed by atoms with van der Waals surface area (Å²) in [5.74, 6) is -3.08. The lowest BCUT2D eigenvalue weighted by molar-refractivity contribution is -0.163. The van der Waals surface area contributed by atoms with Crippen LogP contribution in [-0.4, -0.2) is 86.1 Å². The minimum Gasteiger partial charge on any atom is -0.384 e. The van der Waals surface area contributed by atoms with E-state index in [1.54, 1.807) is 30.0 Å². The average molecular weight is 607 g/mol. The van der Waals surface area contributed by atoms with E-state index in [1.165, 1.54) is 18.9 Å². The summed E-state index contributed by atoms with van der Waals surface area (Å²) in [6.07, 6.45) is 3.86. The fourth-order valence-electron chi connectivity index (χ4n) is 5.91. The Kier molecular flexibility index (Phi) is 7.29. The van der Waals surface area contributed by atoms with E-state index in [9.17, 15) is 27.1 Å². The van der Waals surface area contributed by atoms with Crippen molar-refractivity contribution in [2.24, 2.45) is 5.41 Å². The van der Waals surface area contributed by atoms with E-state index >= 15 is 0 Å². The second kappa shape index (κ2) is 10.6. The lowest BCUT2D eigenvalue weighted by Gasteiger charge is -2.36. The van der Waals surface area contributed by atoms with E-state index in [0.29, 0.717) is 28.0 Å². The highest BCUT2D eigenvalue weighted by Crippen LogP contribution is 2.54. The molecule has 0 radical (unpaired) electrons. The molecule has 4 aliphatic rings. The number of carbonyl (C=O) groups is 1. The molecule has 0 bridgehead atoms. The quantitative estimate of drug-likeness (QED) is 0.414. The number of sulfonamides is 1. The van der Waals surface area contributed by atoms with Crippen LogP contribution in [0.15, 0.2) is 24.3 Å². The Morgan fingerprint density at radius 1 is 1.00 bits per heavy atom. The third kappa shape index (κ3) is 6.45. The molecule has 11 nitrogen and oxygen atoms in total. The van der Waals surface area contributed by atoms with Crippen molar-refractivity contribution in [3.05, 3.63) is 35.5 Å². The molecule has 4 heterocycles. The Labute approximate surface area is 243 Å². The first kappa shape index (κ1) is 29.0. The second-order valence-electron chi connectivity index (χ2n) is 12.3. The fraction of sp³-hybridized carbons (Fsp3) is 0.607. The summed E-state index contributed by atoms with van der Waals surface area (Å²) in [5, 5.41) is 13.1. The van der Waals surface area contributed by atoms with Gasteiger partial charge in [-0.15, -0.1) is 0 Å². The van der Waals surface area contributed by atoms with Crippen molar-refractivity contribution in [2.45, 2.75) is 57.0 Å². The Balaban J connectivity index is 1.23. The summed E-state index contributed by atoms with van der Waals surface area (Å²) >= 11 is 0. The zero-order chi connectivity index (χ0) is 29.8. The van der Waals surface area contributed by atoms with Gasteiger partial charge in [0.15, 0.2) is 0 Å². The summed E-state index contributed by atoms with van der Waals surface area (Å²) in [7, 11) is -3.89. The summed E-state index contributed by atoms with van der Waals surface area (Å²) < 4.78 is 60.5. The van der Waals surface area contributed by atoms with E-state index in [2.05, 4.69) is 24.9 Å². The van der Waals surface area contributed by atoms with Crippen LogP contribution in [0.1, 0.15) is 54.6 Å². The number of aromatic nitrogens is 2. The Hall–Kier alpha value is -3.10. The van der Waals surface area contributed by atoms with Crippen LogP contribution in [0.3, 0.4) is 0 Å². The molecule has 3 aliphatic heterocycles. The third-order valence-electron chi connectivity index (χ3n) is 8.70. The Morgan fingerprint density at radius 2 is 1.67 bits per heavy atom. The maximum absolute atomic E-state index is 13.7. The normalized spacial score (nSPS) is 22.4. The summed E-state index contributed by atoms with van der Waals surface area (Å²) in [6, 6.07) is 6.37. The van der Waals surface area contributed by atoms with Gasteiger partial charge in [0.2, 0.25) is 16.0 Å². The predicted octanol–water partition coefficient (Wildman–Crippen LogP) is 3.16. The van der Waals surface area contributed by atoms with Crippen LogP contribution in [0.25, 0.3) is 0 Å². The van der Waals surface area contributed by atoms with Crippen LogP contribution < -0.4 is 19.8 Å². The van der Waals surface area contributed by atoms with Gasteiger partial charge in [-0.2, -0.15) is 4.98 Å². The molecule has 1 saturated carbocycles. The van der Waals surface area contributed by atoms with E-state index in [0.717, 1.165) is 25.9 Å². The van der Waals surface area contributed by atoms with Crippen LogP contribution in [0.2, 0.25) is 0 Å². The van der Waals surface area contributed by atoms with Crippen LogP contribution in [0, 0.1) is 12.3 Å². The van der Waals surface area contributed by atoms with Gasteiger partial charge in [-0.3, -0.25) is 9.52 Å². The number of nitrogens with one attached hydrogen (secondary N) is 2. The van der Waals surface area contributed by atoms with Crippen LogP contribution >= 0.6 is 0 Å². The monoisotopic (exact) mass is 606 g/mol. The van der Waals surface area contributed by atoms with Crippen molar-refractivity contribution in [2.75, 3.05) is 65.0 Å². The number of hydrogen-bond acceptors (Lipinski definition) is 9. The fourth-order valence-corrected chi connectivity index (χ4v) is 7.35. The third-order valence-corrected chi connectivity index (χ3v) is 10.2. The standard InChI is InChI=1S/C28H36F2N6O5S/c1-19-14-23(33-25(31-19)36-12-8-28(29,30)9-13-36)32-24(37)21-3-2-20(34-42(39,40)18-27(38)16-41-17-27)15-22(21)35-10-6-26(4-5-26)7-11-35/h2-3,14-15,34,38H,4-13,16-18H2,1H3,(H,31,32,33,37). The minimum absolute atomic E-state index is 0.0394. The van der Waals surface area contributed by atoms with Gasteiger partial charge in [-0.1, -0.05) is 0 Å². The summed E-state index contributed by atoms with van der Waals surface area (Å²) in [5.41, 5.74) is 0.806. The van der Waals surface area contributed by atoms with Gasteiger partial charge in [-0.25, -0.2) is 22.2 Å². The minimum atomic E-state index is -3.89. The molecule has 4 fully saturated rings. The highest BCUT2D eigenvalue weighted by Gasteiger charge is 2.45. The zero-order valence-electron chi connectivity index (χ0n) is 23.5. The number of anilines is 4. The van der Waals surface area contributed by atoms with Crippen molar-refractivity contribution >= 4 is 39.1 Å². The maximum Gasteiger partial charge on any atom is 0.258 e. The molecular formula is C28H36F2N6O5S. The molecule has 6 rings (SSSR count). The summed E-state index contributed by atoms with van der Waals surface area (Å²) in [6.45, 7) is 3.39. The molecule has 1 aliphatic carbocycles. The molecule has 14 heteroatoms. The van der Waals surface area contributed by atoms with Gasteiger partial charge in [0, 0.05) is 50.8 Å². The van der Waals surface area contributed by atoms with Crippen LogP contribution in [0.5, 0.6) is 0 Å². The Bertz CT molecular complexity index is 1460. The van der Waals surface area contributed by atoms with Crippen molar-refractivity contribution in [1.82, 2.24) is 9.97 Å². The lowest BCUT2D eigenvalue weighted by atomic mass is 9.93. The zero-order valence-corrected chi connectivity index (χ0v) is 24.4. The number of benzene rings is 1. The van der Waals surface area contributed by atoms with Gasteiger partial charge >= 0.3 is 0 Å². The second-order valence-corrected chi connectivity index (χ2v) is 14.0. The van der Waals surface area contributed by atoms with Gasteiger partial charge < -0.3 is 25.0 Å². The maximum atomic E-state index is 13.7. The molecular weight excluding hydrogens is 570 g/mol. The number of aliphatic hydroxyl groups is 1. The number of carbonyl (C=O) groups excluding carboxylic acids is 1. The molecule has 1 spiro atoms. The molecule has 228 valence electrons. The highest BCUT2D eigenvalue weighted by atomic mass is 32.2. The largest absolute Gasteiger partial charge is 0.384 e. The van der Waals surface area contributed by atoms with Crippen molar-refractivity contribution in [1.29, 1.82) is 0 Å². The number of alkyl halides is 2. The van der Waals surface area contributed by atoms with Gasteiger partial charge in [0.1, 0.15) is 17.2 Å². The molecule has 3 saturated heterocycles. The van der Waals surface area contributed by atoms with Crippen LogP contribution in [0.4, 0.5) is 31.9 Å². The first-order valence-corrected chi connectivity index (χ1v) is 16.0. The number of amides is 1. The van der Waals surface area contributed by atoms with E-state index in [1.807, 2.05) is 0 Å². The molecule has 0 atom stereocenters. The number of hydrogen-bond donors (Lipinski definition) is 3. The molecule has 2 aromatic rings. The molecule has 1 amide bonds. The number of nitrogens with zero attached hydrogens (tertiary/aromatic N) is 4. The number of halogens is 2. The molecule has 1 aromatic heterocycles. The van der Waals surface area contributed by atoms with Crippen molar-refractivity contribution < 1.29 is 31.8 Å². The highest BCUT2D eigenvalue weighted by molar-refractivity contribution is 7.92. The van der Waals surface area contributed by atoms with E-state index in [4.69, 9.17) is 4.74 Å². The molecule has 0 unspecified atom stereocenters. The van der Waals surface area contributed by atoms with Gasteiger partial charge in [0.05, 0.1) is 30.2 Å². The smallest absolute Gasteiger partial charge is 0.258 e. The lowest BCUT2D eigenvalue weighted by Crippen LogP contribution is -2.55. The predicted molar refractivity (Wildman–Crippen MR) is 154 cm³/mol. The first-order valence-electron chi connectivity index (χ1n) is 14.3.